The Labute approximate surface area is 134 Å². The van der Waals surface area contributed by atoms with Gasteiger partial charge in [-0.3, -0.25) is 4.90 Å². The lowest BCUT2D eigenvalue weighted by atomic mass is 10.1. The van der Waals surface area contributed by atoms with Crippen LogP contribution in [0.3, 0.4) is 0 Å². The molecule has 0 aliphatic heterocycles. The van der Waals surface area contributed by atoms with Gasteiger partial charge in [-0.05, 0) is 37.7 Å². The van der Waals surface area contributed by atoms with Crippen molar-refractivity contribution in [3.63, 3.8) is 0 Å². The molecule has 1 heterocycles. The summed E-state index contributed by atoms with van der Waals surface area (Å²) in [5, 5.41) is 14.0. The summed E-state index contributed by atoms with van der Waals surface area (Å²) in [6.45, 7) is 2.29. The van der Waals surface area contributed by atoms with Crippen molar-refractivity contribution in [2.24, 2.45) is 5.14 Å². The summed E-state index contributed by atoms with van der Waals surface area (Å²) < 4.78 is 28.1. The van der Waals surface area contributed by atoms with E-state index in [-0.39, 0.29) is 16.5 Å². The second kappa shape index (κ2) is 6.53. The van der Waals surface area contributed by atoms with Crippen molar-refractivity contribution < 1.29 is 22.7 Å². The Morgan fingerprint density at radius 1 is 1.39 bits per heavy atom. The van der Waals surface area contributed by atoms with Crippen LogP contribution >= 0.6 is 0 Å². The number of furan rings is 1. The summed E-state index contributed by atoms with van der Waals surface area (Å²) in [6, 6.07) is 7.76. The molecule has 1 aromatic carbocycles. The fourth-order valence-corrected chi connectivity index (χ4v) is 2.73. The molecule has 1 aromatic heterocycles. The summed E-state index contributed by atoms with van der Waals surface area (Å²) in [7, 11) is -1.92. The Hall–Kier alpha value is -2.16. The van der Waals surface area contributed by atoms with Crippen molar-refractivity contribution in [3.05, 3.63) is 53.5 Å². The van der Waals surface area contributed by atoms with Crippen LogP contribution in [0.15, 0.2) is 45.9 Å². The predicted molar refractivity (Wildman–Crippen MR) is 83.4 cm³/mol. The maximum Gasteiger partial charge on any atom is 0.338 e. The van der Waals surface area contributed by atoms with E-state index in [9.17, 15) is 13.2 Å². The molecule has 7 nitrogen and oxygen atoms in total. The molecular weight excluding hydrogens is 320 g/mol. The van der Waals surface area contributed by atoms with Gasteiger partial charge in [0.1, 0.15) is 12.0 Å². The molecule has 0 fully saturated rings. The Balaban J connectivity index is 2.15. The van der Waals surface area contributed by atoms with Crippen LogP contribution in [0.25, 0.3) is 0 Å². The van der Waals surface area contributed by atoms with E-state index in [1.54, 1.807) is 12.1 Å². The number of carboxylic acid groups (broad SMARTS) is 1. The van der Waals surface area contributed by atoms with E-state index in [1.807, 2.05) is 18.9 Å². The van der Waals surface area contributed by atoms with E-state index in [0.717, 1.165) is 5.56 Å². The van der Waals surface area contributed by atoms with Gasteiger partial charge in [0.05, 0.1) is 17.0 Å². The highest BCUT2D eigenvalue weighted by Gasteiger charge is 2.17. The van der Waals surface area contributed by atoms with Gasteiger partial charge < -0.3 is 9.52 Å². The Bertz CT molecular complexity index is 813. The summed E-state index contributed by atoms with van der Waals surface area (Å²) in [5.74, 6) is -0.532. The summed E-state index contributed by atoms with van der Waals surface area (Å²) in [6.07, 6.45) is 1.19. The molecule has 0 spiro atoms. The predicted octanol–water partition coefficient (Wildman–Crippen LogP) is 1.82. The lowest BCUT2D eigenvalue weighted by Gasteiger charge is -2.24. The number of nitrogens with zero attached hydrogens (tertiary/aromatic N) is 1. The van der Waals surface area contributed by atoms with Crippen LogP contribution in [-0.2, 0) is 16.6 Å². The zero-order valence-electron chi connectivity index (χ0n) is 12.8. The molecule has 0 saturated heterocycles. The normalized spacial score (nSPS) is 13.2. The number of aromatic carboxylic acids is 1. The minimum absolute atomic E-state index is 0.0569. The molecule has 124 valence electrons. The summed E-state index contributed by atoms with van der Waals surface area (Å²) in [4.78, 5) is 12.8. The molecule has 1 unspecified atom stereocenters. The van der Waals surface area contributed by atoms with Crippen molar-refractivity contribution in [2.45, 2.75) is 24.4 Å². The van der Waals surface area contributed by atoms with E-state index in [2.05, 4.69) is 0 Å². The fraction of sp³-hybridized carbons (Fsp3) is 0.267. The van der Waals surface area contributed by atoms with Gasteiger partial charge in [-0.1, -0.05) is 12.1 Å². The van der Waals surface area contributed by atoms with E-state index >= 15 is 0 Å². The van der Waals surface area contributed by atoms with Gasteiger partial charge in [-0.2, -0.15) is 0 Å². The number of nitrogens with two attached hydrogens (primary N) is 1. The van der Waals surface area contributed by atoms with E-state index in [0.29, 0.717) is 12.3 Å². The van der Waals surface area contributed by atoms with Crippen molar-refractivity contribution in [3.8, 4) is 0 Å². The first kappa shape index (κ1) is 17.2. The van der Waals surface area contributed by atoms with Crippen LogP contribution < -0.4 is 5.14 Å². The van der Waals surface area contributed by atoms with Crippen molar-refractivity contribution in [2.75, 3.05) is 7.05 Å². The first-order chi connectivity index (χ1) is 10.7. The Morgan fingerprint density at radius 2 is 2.09 bits per heavy atom. The van der Waals surface area contributed by atoms with Gasteiger partial charge in [0, 0.05) is 6.04 Å². The monoisotopic (exact) mass is 338 g/mol. The number of benzene rings is 1. The second-order valence-electron chi connectivity index (χ2n) is 5.32. The zero-order valence-corrected chi connectivity index (χ0v) is 13.6. The van der Waals surface area contributed by atoms with Crippen LogP contribution in [-0.4, -0.2) is 31.4 Å². The molecule has 0 amide bonds. The van der Waals surface area contributed by atoms with Crippen molar-refractivity contribution in [1.82, 2.24) is 4.90 Å². The highest BCUT2D eigenvalue weighted by atomic mass is 32.2. The third-order valence-corrected chi connectivity index (χ3v) is 4.55. The first-order valence-corrected chi connectivity index (χ1v) is 8.37. The van der Waals surface area contributed by atoms with Crippen LogP contribution in [0, 0.1) is 0 Å². The number of hydrogen-bond donors (Lipinski definition) is 2. The lowest BCUT2D eigenvalue weighted by molar-refractivity contribution is 0.0696. The minimum atomic E-state index is -3.75. The number of primary sulfonamides is 1. The molecule has 0 radical (unpaired) electrons. The smallest absolute Gasteiger partial charge is 0.338 e. The average Bonchev–Trinajstić information content (AvgIpc) is 2.94. The van der Waals surface area contributed by atoms with Crippen molar-refractivity contribution >= 4 is 16.0 Å². The number of carbonyl (C=O) groups is 1. The average molecular weight is 338 g/mol. The molecule has 0 bridgehead atoms. The molecule has 0 saturated carbocycles. The first-order valence-electron chi connectivity index (χ1n) is 6.82. The fourth-order valence-electron chi connectivity index (χ4n) is 2.16. The lowest BCUT2D eigenvalue weighted by Crippen LogP contribution is -2.22. The largest absolute Gasteiger partial charge is 0.478 e. The Kier molecular flexibility index (Phi) is 4.88. The molecule has 23 heavy (non-hydrogen) atoms. The number of rotatable bonds is 6. The van der Waals surface area contributed by atoms with E-state index < -0.39 is 16.0 Å². The quantitative estimate of drug-likeness (QED) is 0.830. The molecular formula is C15H18N2O5S. The molecule has 2 aromatic rings. The van der Waals surface area contributed by atoms with E-state index in [1.165, 1.54) is 24.5 Å². The minimum Gasteiger partial charge on any atom is -0.478 e. The number of carboxylic acids is 1. The van der Waals surface area contributed by atoms with Gasteiger partial charge in [0.25, 0.3) is 0 Å². The third-order valence-electron chi connectivity index (χ3n) is 3.64. The zero-order chi connectivity index (χ0) is 17.2. The third kappa shape index (κ3) is 4.19. The molecule has 2 rings (SSSR count). The number of sulfonamides is 1. The molecule has 0 aliphatic rings. The maximum atomic E-state index is 11.4. The summed E-state index contributed by atoms with van der Waals surface area (Å²) >= 11 is 0. The van der Waals surface area contributed by atoms with Crippen LogP contribution in [0.2, 0.25) is 0 Å². The maximum absolute atomic E-state index is 11.4. The van der Waals surface area contributed by atoms with Gasteiger partial charge >= 0.3 is 5.97 Å². The Morgan fingerprint density at radius 3 is 2.65 bits per heavy atom. The molecule has 8 heteroatoms. The standard InChI is InChI=1S/C15H18N2O5S/c1-10(11-4-3-5-14(7-11)23(16,20)21)17(2)8-13-6-12(9-22-13)15(18)19/h3-7,9-10H,8H2,1-2H3,(H,18,19)(H2,16,20,21). The van der Waals surface area contributed by atoms with Gasteiger partial charge in [-0.25, -0.2) is 18.4 Å². The van der Waals surface area contributed by atoms with Crippen molar-refractivity contribution in [1.29, 1.82) is 0 Å². The van der Waals surface area contributed by atoms with E-state index in [4.69, 9.17) is 14.7 Å². The highest BCUT2D eigenvalue weighted by molar-refractivity contribution is 7.89. The highest BCUT2D eigenvalue weighted by Crippen LogP contribution is 2.23. The molecule has 1 atom stereocenters. The van der Waals surface area contributed by atoms with Gasteiger partial charge in [0.2, 0.25) is 10.0 Å². The van der Waals surface area contributed by atoms with Gasteiger partial charge in [-0.15, -0.1) is 0 Å². The molecule has 3 N–H and O–H groups in total. The number of hydrogen-bond acceptors (Lipinski definition) is 5. The van der Waals surface area contributed by atoms with Crippen LogP contribution in [0.5, 0.6) is 0 Å². The van der Waals surface area contributed by atoms with Crippen LogP contribution in [0.1, 0.15) is 34.6 Å². The second-order valence-corrected chi connectivity index (χ2v) is 6.88. The topological polar surface area (TPSA) is 114 Å². The van der Waals surface area contributed by atoms with Crippen LogP contribution in [0.4, 0.5) is 0 Å². The SMILES string of the molecule is CC(c1cccc(S(N)(=O)=O)c1)N(C)Cc1cc(C(=O)O)co1. The van der Waals surface area contributed by atoms with Gasteiger partial charge in [0.15, 0.2) is 0 Å². The summed E-state index contributed by atoms with van der Waals surface area (Å²) in [5.41, 5.74) is 0.876. The molecule has 0 aliphatic carbocycles.